The van der Waals surface area contributed by atoms with Gasteiger partial charge in [0.15, 0.2) is 0 Å². The summed E-state index contributed by atoms with van der Waals surface area (Å²) in [5.41, 5.74) is -0.234. The van der Waals surface area contributed by atoms with E-state index in [1.54, 1.807) is 37.3 Å². The Morgan fingerprint density at radius 3 is 2.42 bits per heavy atom. The van der Waals surface area contributed by atoms with Gasteiger partial charge in [0, 0.05) is 10.1 Å². The molecule has 0 fully saturated rings. The maximum absolute atomic E-state index is 13.5. The number of benzene rings is 2. The summed E-state index contributed by atoms with van der Waals surface area (Å²) in [6.07, 6.45) is 0. The monoisotopic (exact) mass is 348 g/mol. The number of hydrogen-bond acceptors (Lipinski definition) is 4. The second-order valence-corrected chi connectivity index (χ2v) is 7.17. The molecule has 2 rings (SSSR count). The van der Waals surface area contributed by atoms with Gasteiger partial charge in [-0.15, -0.1) is 11.8 Å². The molecule has 0 heterocycles. The standard InChI is InChI=1S/C19H21FO3S/c1-14-8-10-17(11-9-14)24-15(2)19(22,12-20)13-23-18(21)16-6-4-3-5-7-16/h3-11,15,22H,12-13H2,1-2H3/t15-,19+/m0/s1. The van der Waals surface area contributed by atoms with Crippen molar-refractivity contribution in [3.05, 3.63) is 65.7 Å². The van der Waals surface area contributed by atoms with Crippen LogP contribution in [0.15, 0.2) is 59.5 Å². The molecule has 128 valence electrons. The van der Waals surface area contributed by atoms with Crippen molar-refractivity contribution < 1.29 is 19.0 Å². The molecular formula is C19H21FO3S. The van der Waals surface area contributed by atoms with Gasteiger partial charge in [0.25, 0.3) is 0 Å². The predicted molar refractivity (Wildman–Crippen MR) is 94.1 cm³/mol. The van der Waals surface area contributed by atoms with E-state index in [9.17, 15) is 14.3 Å². The van der Waals surface area contributed by atoms with E-state index in [0.717, 1.165) is 10.5 Å². The fraction of sp³-hybridized carbons (Fsp3) is 0.316. The van der Waals surface area contributed by atoms with Crippen molar-refractivity contribution in [1.29, 1.82) is 0 Å². The molecule has 2 aromatic carbocycles. The van der Waals surface area contributed by atoms with Crippen LogP contribution in [0.2, 0.25) is 0 Å². The summed E-state index contributed by atoms with van der Waals surface area (Å²) < 4.78 is 18.6. The van der Waals surface area contributed by atoms with Crippen molar-refractivity contribution in [2.75, 3.05) is 13.3 Å². The van der Waals surface area contributed by atoms with Crippen LogP contribution in [0.4, 0.5) is 4.39 Å². The van der Waals surface area contributed by atoms with Crippen molar-refractivity contribution in [1.82, 2.24) is 0 Å². The Hall–Kier alpha value is -1.85. The fourth-order valence-electron chi connectivity index (χ4n) is 2.04. The summed E-state index contributed by atoms with van der Waals surface area (Å²) in [6, 6.07) is 16.2. The second kappa shape index (κ2) is 8.31. The smallest absolute Gasteiger partial charge is 0.338 e. The van der Waals surface area contributed by atoms with Crippen LogP contribution >= 0.6 is 11.8 Å². The lowest BCUT2D eigenvalue weighted by atomic mass is 10.0. The van der Waals surface area contributed by atoms with Crippen LogP contribution < -0.4 is 0 Å². The summed E-state index contributed by atoms with van der Waals surface area (Å²) >= 11 is 1.35. The summed E-state index contributed by atoms with van der Waals surface area (Å²) in [5, 5.41) is 10.0. The molecule has 0 radical (unpaired) electrons. The van der Waals surface area contributed by atoms with Crippen LogP contribution in [-0.4, -0.2) is 35.2 Å². The molecule has 0 aromatic heterocycles. The third kappa shape index (κ3) is 4.82. The minimum Gasteiger partial charge on any atom is -0.459 e. The molecular weight excluding hydrogens is 327 g/mol. The number of halogens is 1. The third-order valence-corrected chi connectivity index (χ3v) is 5.12. The molecule has 2 aromatic rings. The average molecular weight is 348 g/mol. The number of carbonyl (C=O) groups excluding carboxylic acids is 1. The molecule has 2 atom stereocenters. The van der Waals surface area contributed by atoms with Crippen LogP contribution in [-0.2, 0) is 4.74 Å². The maximum atomic E-state index is 13.5. The number of thioether (sulfide) groups is 1. The number of ether oxygens (including phenoxy) is 1. The summed E-state index contributed by atoms with van der Waals surface area (Å²) in [6.45, 7) is 2.33. The highest BCUT2D eigenvalue weighted by atomic mass is 32.2. The highest BCUT2D eigenvalue weighted by Gasteiger charge is 2.36. The van der Waals surface area contributed by atoms with E-state index in [4.69, 9.17) is 4.74 Å². The molecule has 0 bridgehead atoms. The minimum atomic E-state index is -1.74. The number of carbonyl (C=O) groups is 1. The van der Waals surface area contributed by atoms with E-state index in [2.05, 4.69) is 0 Å². The molecule has 24 heavy (non-hydrogen) atoms. The molecule has 1 N–H and O–H groups in total. The topological polar surface area (TPSA) is 46.5 Å². The van der Waals surface area contributed by atoms with Gasteiger partial charge in [0.05, 0.1) is 5.56 Å². The first-order valence-electron chi connectivity index (χ1n) is 7.68. The quantitative estimate of drug-likeness (QED) is 0.606. The van der Waals surface area contributed by atoms with E-state index < -0.39 is 30.1 Å². The molecule has 0 aliphatic heterocycles. The molecule has 0 aliphatic rings. The van der Waals surface area contributed by atoms with Crippen molar-refractivity contribution >= 4 is 17.7 Å². The van der Waals surface area contributed by atoms with E-state index in [0.29, 0.717) is 5.56 Å². The van der Waals surface area contributed by atoms with E-state index in [1.165, 1.54) is 11.8 Å². The number of aliphatic hydroxyl groups is 1. The van der Waals surface area contributed by atoms with Gasteiger partial charge in [-0.05, 0) is 38.1 Å². The zero-order valence-electron chi connectivity index (χ0n) is 13.7. The Labute approximate surface area is 145 Å². The van der Waals surface area contributed by atoms with E-state index in [-0.39, 0.29) is 0 Å². The van der Waals surface area contributed by atoms with Gasteiger partial charge in [-0.2, -0.15) is 0 Å². The third-order valence-electron chi connectivity index (χ3n) is 3.78. The Kier molecular flexibility index (Phi) is 6.40. The predicted octanol–water partition coefficient (Wildman–Crippen LogP) is 4.03. The molecule has 0 unspecified atom stereocenters. The van der Waals surface area contributed by atoms with Gasteiger partial charge in [-0.1, -0.05) is 35.9 Å². The largest absolute Gasteiger partial charge is 0.459 e. The van der Waals surface area contributed by atoms with E-state index in [1.807, 2.05) is 31.2 Å². The highest BCUT2D eigenvalue weighted by molar-refractivity contribution is 8.00. The van der Waals surface area contributed by atoms with Crippen LogP contribution in [0.3, 0.4) is 0 Å². The van der Waals surface area contributed by atoms with Crippen molar-refractivity contribution in [2.24, 2.45) is 0 Å². The SMILES string of the molecule is Cc1ccc(S[C@@H](C)[C@@](O)(CF)COC(=O)c2ccccc2)cc1. The summed E-state index contributed by atoms with van der Waals surface area (Å²) in [7, 11) is 0. The molecule has 0 saturated carbocycles. The lowest BCUT2D eigenvalue weighted by Crippen LogP contribution is -2.46. The molecule has 3 nitrogen and oxygen atoms in total. The van der Waals surface area contributed by atoms with Crippen LogP contribution in [0.1, 0.15) is 22.8 Å². The van der Waals surface area contributed by atoms with Gasteiger partial charge >= 0.3 is 5.97 Å². The minimum absolute atomic E-state index is 0.373. The first-order valence-corrected chi connectivity index (χ1v) is 8.56. The van der Waals surface area contributed by atoms with Gasteiger partial charge in [-0.25, -0.2) is 9.18 Å². The number of aryl methyl sites for hydroxylation is 1. The van der Waals surface area contributed by atoms with Crippen LogP contribution in [0.5, 0.6) is 0 Å². The Balaban J connectivity index is 1.99. The van der Waals surface area contributed by atoms with Crippen LogP contribution in [0.25, 0.3) is 0 Å². The Morgan fingerprint density at radius 1 is 1.21 bits per heavy atom. The Bertz CT molecular complexity index is 660. The number of alkyl halides is 1. The highest BCUT2D eigenvalue weighted by Crippen LogP contribution is 2.31. The first kappa shape index (κ1) is 18.5. The average Bonchev–Trinajstić information content (AvgIpc) is 2.62. The second-order valence-electron chi connectivity index (χ2n) is 5.75. The molecule has 0 aliphatic carbocycles. The fourth-order valence-corrected chi connectivity index (χ4v) is 3.10. The first-order chi connectivity index (χ1) is 11.4. The van der Waals surface area contributed by atoms with Gasteiger partial charge < -0.3 is 9.84 Å². The zero-order valence-corrected chi connectivity index (χ0v) is 14.6. The summed E-state index contributed by atoms with van der Waals surface area (Å²) in [4.78, 5) is 12.9. The van der Waals surface area contributed by atoms with Gasteiger partial charge in [0.1, 0.15) is 18.9 Å². The number of esters is 1. The van der Waals surface area contributed by atoms with Crippen molar-refractivity contribution in [2.45, 2.75) is 29.6 Å². The van der Waals surface area contributed by atoms with Gasteiger partial charge in [0.2, 0.25) is 0 Å². The summed E-state index contributed by atoms with van der Waals surface area (Å²) in [5.74, 6) is -0.574. The normalized spacial score (nSPS) is 14.7. The van der Waals surface area contributed by atoms with Crippen molar-refractivity contribution in [3.63, 3.8) is 0 Å². The van der Waals surface area contributed by atoms with Crippen LogP contribution in [0, 0.1) is 6.92 Å². The lowest BCUT2D eigenvalue weighted by Gasteiger charge is -2.30. The van der Waals surface area contributed by atoms with Crippen molar-refractivity contribution in [3.8, 4) is 0 Å². The van der Waals surface area contributed by atoms with E-state index >= 15 is 0 Å². The molecule has 0 spiro atoms. The Morgan fingerprint density at radius 2 is 1.83 bits per heavy atom. The zero-order chi connectivity index (χ0) is 17.6. The number of rotatable bonds is 7. The maximum Gasteiger partial charge on any atom is 0.338 e. The molecule has 5 heteroatoms. The van der Waals surface area contributed by atoms with Gasteiger partial charge in [-0.3, -0.25) is 0 Å². The molecule has 0 saturated heterocycles. The number of hydrogen-bond donors (Lipinski definition) is 1. The molecule has 0 amide bonds. The lowest BCUT2D eigenvalue weighted by molar-refractivity contribution is -0.0439.